The van der Waals surface area contributed by atoms with Crippen molar-refractivity contribution in [3.63, 3.8) is 0 Å². The molecule has 2 N–H and O–H groups in total. The minimum Gasteiger partial charge on any atom is -0.463 e. The quantitative estimate of drug-likeness (QED) is 0.846. The van der Waals surface area contributed by atoms with Gasteiger partial charge in [0.15, 0.2) is 0 Å². The van der Waals surface area contributed by atoms with Gasteiger partial charge in [-0.05, 0) is 18.2 Å². The summed E-state index contributed by atoms with van der Waals surface area (Å²) in [5.74, 6) is -1.41. The smallest absolute Gasteiger partial charge is 0.375 e. The number of carbonyl (C=O) groups is 2. The highest BCUT2D eigenvalue weighted by Gasteiger charge is 2.16. The molecule has 1 amide bonds. The molecule has 2 aromatic rings. The van der Waals surface area contributed by atoms with E-state index in [1.165, 1.54) is 25.3 Å². The zero-order valence-electron chi connectivity index (χ0n) is 10.1. The van der Waals surface area contributed by atoms with E-state index in [0.29, 0.717) is 5.02 Å². The van der Waals surface area contributed by atoms with Crippen molar-refractivity contribution in [2.45, 2.75) is 0 Å². The van der Waals surface area contributed by atoms with Crippen molar-refractivity contribution >= 4 is 41.0 Å². The van der Waals surface area contributed by atoms with Crippen LogP contribution < -0.4 is 5.32 Å². The standard InChI is InChI=1S/C11H8Cl2N4O3/c1-20-10(19)8-14-11(17-16-8)15-9(18)6-3-2-5(12)4-7(6)13/h2-4H,1H3,(H2,14,15,16,17,18). The molecule has 1 aromatic carbocycles. The Morgan fingerprint density at radius 2 is 2.10 bits per heavy atom. The fourth-order valence-corrected chi connectivity index (χ4v) is 1.84. The number of nitrogens with zero attached hydrogens (tertiary/aromatic N) is 2. The highest BCUT2D eigenvalue weighted by molar-refractivity contribution is 6.37. The predicted octanol–water partition coefficient (Wildman–Crippen LogP) is 2.15. The Morgan fingerprint density at radius 3 is 2.75 bits per heavy atom. The molecule has 0 unspecified atom stereocenters. The van der Waals surface area contributed by atoms with Crippen LogP contribution in [0.5, 0.6) is 0 Å². The lowest BCUT2D eigenvalue weighted by atomic mass is 10.2. The van der Waals surface area contributed by atoms with Gasteiger partial charge in [-0.3, -0.25) is 15.2 Å². The average Bonchev–Trinajstić information content (AvgIpc) is 2.86. The maximum atomic E-state index is 11.9. The maximum absolute atomic E-state index is 11.9. The van der Waals surface area contributed by atoms with Crippen LogP contribution in [0.1, 0.15) is 21.0 Å². The lowest BCUT2D eigenvalue weighted by Gasteiger charge is -2.03. The average molecular weight is 315 g/mol. The first-order valence-electron chi connectivity index (χ1n) is 5.28. The van der Waals surface area contributed by atoms with Crippen molar-refractivity contribution in [3.8, 4) is 0 Å². The number of benzene rings is 1. The number of esters is 1. The molecular formula is C11H8Cl2N4O3. The van der Waals surface area contributed by atoms with Crippen LogP contribution >= 0.6 is 23.2 Å². The highest BCUT2D eigenvalue weighted by Crippen LogP contribution is 2.21. The van der Waals surface area contributed by atoms with E-state index in [0.717, 1.165) is 0 Å². The van der Waals surface area contributed by atoms with Gasteiger partial charge in [0.2, 0.25) is 11.8 Å². The number of nitrogens with one attached hydrogen (secondary N) is 2. The van der Waals surface area contributed by atoms with Gasteiger partial charge >= 0.3 is 5.97 Å². The zero-order valence-corrected chi connectivity index (χ0v) is 11.6. The molecule has 0 radical (unpaired) electrons. The molecule has 2 rings (SSSR count). The van der Waals surface area contributed by atoms with E-state index in [1.807, 2.05) is 0 Å². The molecule has 20 heavy (non-hydrogen) atoms. The van der Waals surface area contributed by atoms with E-state index in [-0.39, 0.29) is 22.4 Å². The predicted molar refractivity (Wildman–Crippen MR) is 72.1 cm³/mol. The van der Waals surface area contributed by atoms with E-state index in [1.54, 1.807) is 0 Å². The Morgan fingerprint density at radius 1 is 1.35 bits per heavy atom. The molecule has 0 saturated carbocycles. The number of hydrogen-bond donors (Lipinski definition) is 2. The Balaban J connectivity index is 2.15. The Bertz CT molecular complexity index is 671. The van der Waals surface area contributed by atoms with Gasteiger partial charge in [0, 0.05) is 5.02 Å². The van der Waals surface area contributed by atoms with Gasteiger partial charge in [-0.25, -0.2) is 4.79 Å². The fourth-order valence-electron chi connectivity index (χ4n) is 1.35. The van der Waals surface area contributed by atoms with Gasteiger partial charge < -0.3 is 4.74 Å². The van der Waals surface area contributed by atoms with Gasteiger partial charge in [0.25, 0.3) is 5.91 Å². The van der Waals surface area contributed by atoms with E-state index in [2.05, 4.69) is 25.2 Å². The molecule has 9 heteroatoms. The third kappa shape index (κ3) is 3.06. The summed E-state index contributed by atoms with van der Waals surface area (Å²) in [5, 5.41) is 8.99. The summed E-state index contributed by atoms with van der Waals surface area (Å²) in [6.07, 6.45) is 0. The monoisotopic (exact) mass is 314 g/mol. The third-order valence-corrected chi connectivity index (χ3v) is 2.81. The number of rotatable bonds is 3. The first kappa shape index (κ1) is 14.3. The number of H-pyrrole nitrogens is 1. The van der Waals surface area contributed by atoms with Crippen molar-refractivity contribution in [1.29, 1.82) is 0 Å². The van der Waals surface area contributed by atoms with Crippen molar-refractivity contribution in [3.05, 3.63) is 39.6 Å². The molecule has 7 nitrogen and oxygen atoms in total. The summed E-state index contributed by atoms with van der Waals surface area (Å²) in [4.78, 5) is 26.9. The van der Waals surface area contributed by atoms with Crippen LogP contribution in [0.25, 0.3) is 0 Å². The van der Waals surface area contributed by atoms with Gasteiger partial charge in [-0.2, -0.15) is 4.98 Å². The van der Waals surface area contributed by atoms with Crippen molar-refractivity contribution in [1.82, 2.24) is 15.2 Å². The van der Waals surface area contributed by atoms with Crippen LogP contribution in [-0.2, 0) is 4.74 Å². The minimum atomic E-state index is -0.692. The Kier molecular flexibility index (Phi) is 4.21. The number of ether oxygens (including phenoxy) is 1. The molecule has 0 aliphatic rings. The molecule has 1 heterocycles. The highest BCUT2D eigenvalue weighted by atomic mass is 35.5. The lowest BCUT2D eigenvalue weighted by Crippen LogP contribution is -2.13. The van der Waals surface area contributed by atoms with Crippen molar-refractivity contribution in [2.75, 3.05) is 12.4 Å². The van der Waals surface area contributed by atoms with E-state index >= 15 is 0 Å². The van der Waals surface area contributed by atoms with Crippen molar-refractivity contribution in [2.24, 2.45) is 0 Å². The number of carbonyl (C=O) groups excluding carboxylic acids is 2. The van der Waals surface area contributed by atoms with Crippen molar-refractivity contribution < 1.29 is 14.3 Å². The fraction of sp³-hybridized carbons (Fsp3) is 0.0909. The van der Waals surface area contributed by atoms with Crippen LogP contribution in [0.3, 0.4) is 0 Å². The summed E-state index contributed by atoms with van der Waals surface area (Å²) in [7, 11) is 1.20. The Labute approximate surface area is 123 Å². The summed E-state index contributed by atoms with van der Waals surface area (Å²) >= 11 is 11.6. The first-order valence-corrected chi connectivity index (χ1v) is 6.04. The largest absolute Gasteiger partial charge is 0.463 e. The summed E-state index contributed by atoms with van der Waals surface area (Å²) in [6.45, 7) is 0. The lowest BCUT2D eigenvalue weighted by molar-refractivity contribution is 0.0587. The van der Waals surface area contributed by atoms with Gasteiger partial charge in [0.05, 0.1) is 17.7 Å². The first-order chi connectivity index (χ1) is 9.51. The minimum absolute atomic E-state index is 0.0681. The van der Waals surface area contributed by atoms with Gasteiger partial charge in [-0.1, -0.05) is 23.2 Å². The van der Waals surface area contributed by atoms with Crippen LogP contribution in [0.15, 0.2) is 18.2 Å². The number of anilines is 1. The van der Waals surface area contributed by atoms with Crippen LogP contribution in [-0.4, -0.2) is 34.2 Å². The van der Waals surface area contributed by atoms with Crippen LogP contribution in [0, 0.1) is 0 Å². The normalized spacial score (nSPS) is 10.2. The number of aromatic nitrogens is 3. The number of hydrogen-bond acceptors (Lipinski definition) is 5. The number of methoxy groups -OCH3 is 1. The molecule has 1 aromatic heterocycles. The second-order valence-electron chi connectivity index (χ2n) is 3.58. The maximum Gasteiger partial charge on any atom is 0.375 e. The van der Waals surface area contributed by atoms with E-state index < -0.39 is 11.9 Å². The molecule has 0 bridgehead atoms. The molecule has 0 fully saturated rings. The zero-order chi connectivity index (χ0) is 14.7. The second-order valence-corrected chi connectivity index (χ2v) is 4.42. The summed E-state index contributed by atoms with van der Waals surface area (Å²) < 4.78 is 4.45. The molecule has 104 valence electrons. The number of aromatic amines is 1. The molecular weight excluding hydrogens is 307 g/mol. The molecule has 0 saturated heterocycles. The number of amides is 1. The van der Waals surface area contributed by atoms with Crippen LogP contribution in [0.2, 0.25) is 10.0 Å². The van der Waals surface area contributed by atoms with E-state index in [9.17, 15) is 9.59 Å². The third-order valence-electron chi connectivity index (χ3n) is 2.27. The molecule has 0 atom stereocenters. The second kappa shape index (κ2) is 5.89. The van der Waals surface area contributed by atoms with Gasteiger partial charge in [-0.15, -0.1) is 5.10 Å². The Hall–Kier alpha value is -2.12. The topological polar surface area (TPSA) is 97.0 Å². The molecule has 0 spiro atoms. The van der Waals surface area contributed by atoms with E-state index in [4.69, 9.17) is 23.2 Å². The summed E-state index contributed by atoms with van der Waals surface area (Å²) in [6, 6.07) is 4.43. The molecule has 0 aliphatic heterocycles. The molecule has 0 aliphatic carbocycles. The van der Waals surface area contributed by atoms with Crippen LogP contribution in [0.4, 0.5) is 5.95 Å². The summed E-state index contributed by atoms with van der Waals surface area (Å²) in [5.41, 5.74) is 0.209. The SMILES string of the molecule is COC(=O)c1nc(NC(=O)c2ccc(Cl)cc2Cl)n[nH]1. The van der Waals surface area contributed by atoms with Gasteiger partial charge in [0.1, 0.15) is 0 Å². The number of halogens is 2.